The first-order valence-corrected chi connectivity index (χ1v) is 14.0. The molecule has 0 saturated carbocycles. The number of benzene rings is 1. The zero-order chi connectivity index (χ0) is 31.1. The summed E-state index contributed by atoms with van der Waals surface area (Å²) in [4.78, 5) is 35.7. The van der Waals surface area contributed by atoms with E-state index in [9.17, 15) is 14.4 Å². The number of hydrogen-bond acceptors (Lipinski definition) is 5. The number of allylic oxidation sites excluding steroid dienone is 2. The molecule has 1 aromatic carbocycles. The molecule has 6 heteroatoms. The Balaban J connectivity index is -0.000000275. The molecular formula is C33H57N3O3. The molecule has 0 aliphatic carbocycles. The number of carbonyl (C=O) groups excluding carboxylic acids is 3. The van der Waals surface area contributed by atoms with Gasteiger partial charge in [0.2, 0.25) is 5.91 Å². The van der Waals surface area contributed by atoms with Crippen LogP contribution in [0.2, 0.25) is 0 Å². The SMILES string of the molecule is C#C.C=CC.CC.CCC(NC)C(=O)N[C@@H](C)C=O.CCCC(CC)N(C)CC/C=C/C(=O)c1ccccc1. The second-order valence-electron chi connectivity index (χ2n) is 8.34. The maximum absolute atomic E-state index is 11.9. The summed E-state index contributed by atoms with van der Waals surface area (Å²) in [5, 5.41) is 5.41. The van der Waals surface area contributed by atoms with Crippen LogP contribution in [0.1, 0.15) is 90.9 Å². The highest BCUT2D eigenvalue weighted by Crippen LogP contribution is 2.09. The van der Waals surface area contributed by atoms with Crippen LogP contribution in [-0.2, 0) is 9.59 Å². The predicted molar refractivity (Wildman–Crippen MR) is 170 cm³/mol. The normalized spacial score (nSPS) is 11.8. The number of hydrogen-bond donors (Lipinski definition) is 2. The van der Waals surface area contributed by atoms with Gasteiger partial charge in [-0.1, -0.05) is 83.5 Å². The number of ketones is 1. The summed E-state index contributed by atoms with van der Waals surface area (Å²) >= 11 is 0. The fourth-order valence-electron chi connectivity index (χ4n) is 3.30. The van der Waals surface area contributed by atoms with Crippen molar-refractivity contribution in [3.05, 3.63) is 60.7 Å². The largest absolute Gasteiger partial charge is 0.346 e. The quantitative estimate of drug-likeness (QED) is 0.0923. The number of carbonyl (C=O) groups is 3. The summed E-state index contributed by atoms with van der Waals surface area (Å²) < 4.78 is 0. The molecule has 0 radical (unpaired) electrons. The zero-order valence-electron chi connectivity index (χ0n) is 26.2. The van der Waals surface area contributed by atoms with Gasteiger partial charge in [0.25, 0.3) is 0 Å². The van der Waals surface area contributed by atoms with E-state index in [1.54, 1.807) is 26.1 Å². The monoisotopic (exact) mass is 543 g/mol. The van der Waals surface area contributed by atoms with Gasteiger partial charge in [-0.3, -0.25) is 9.59 Å². The molecule has 0 aliphatic rings. The van der Waals surface area contributed by atoms with E-state index < -0.39 is 6.04 Å². The van der Waals surface area contributed by atoms with Gasteiger partial charge in [-0.05, 0) is 59.7 Å². The van der Waals surface area contributed by atoms with Crippen LogP contribution in [0.3, 0.4) is 0 Å². The van der Waals surface area contributed by atoms with E-state index in [-0.39, 0.29) is 17.7 Å². The van der Waals surface area contributed by atoms with Crippen molar-refractivity contribution in [2.24, 2.45) is 0 Å². The van der Waals surface area contributed by atoms with Crippen LogP contribution >= 0.6 is 0 Å². The summed E-state index contributed by atoms with van der Waals surface area (Å²) in [6.07, 6.45) is 19.5. The van der Waals surface area contributed by atoms with Gasteiger partial charge in [0.15, 0.2) is 5.78 Å². The Hall–Kier alpha value is -3.01. The van der Waals surface area contributed by atoms with Gasteiger partial charge >= 0.3 is 0 Å². The molecule has 2 unspecified atom stereocenters. The van der Waals surface area contributed by atoms with E-state index in [1.165, 1.54) is 19.3 Å². The molecule has 0 aliphatic heterocycles. The maximum Gasteiger partial charge on any atom is 0.237 e. The molecule has 0 heterocycles. The third-order valence-electron chi connectivity index (χ3n) is 5.34. The van der Waals surface area contributed by atoms with Gasteiger partial charge in [-0.2, -0.15) is 0 Å². The molecule has 2 N–H and O–H groups in total. The molecule has 3 atom stereocenters. The Morgan fingerprint density at radius 2 is 1.62 bits per heavy atom. The van der Waals surface area contributed by atoms with E-state index >= 15 is 0 Å². The van der Waals surface area contributed by atoms with Crippen molar-refractivity contribution in [3.63, 3.8) is 0 Å². The van der Waals surface area contributed by atoms with Gasteiger partial charge in [-0.25, -0.2) is 0 Å². The number of nitrogens with zero attached hydrogens (tertiary/aromatic N) is 1. The minimum atomic E-state index is -0.403. The van der Waals surface area contributed by atoms with E-state index in [2.05, 4.69) is 55.9 Å². The first-order valence-electron chi connectivity index (χ1n) is 14.0. The molecule has 0 spiro atoms. The highest BCUT2D eigenvalue weighted by Gasteiger charge is 2.15. The van der Waals surface area contributed by atoms with Gasteiger partial charge in [0.05, 0.1) is 12.1 Å². The van der Waals surface area contributed by atoms with Crippen molar-refractivity contribution in [2.75, 3.05) is 20.6 Å². The number of terminal acetylenes is 1. The molecule has 1 rings (SSSR count). The van der Waals surface area contributed by atoms with E-state index in [0.717, 1.165) is 18.5 Å². The predicted octanol–water partition coefficient (Wildman–Crippen LogP) is 6.48. The third kappa shape index (κ3) is 25.0. The first-order chi connectivity index (χ1) is 18.7. The summed E-state index contributed by atoms with van der Waals surface area (Å²) in [5.74, 6) is -0.0338. The molecule has 1 aromatic rings. The van der Waals surface area contributed by atoms with E-state index in [1.807, 2.05) is 64.1 Å². The van der Waals surface area contributed by atoms with Gasteiger partial charge in [-0.15, -0.1) is 19.4 Å². The second kappa shape index (κ2) is 33.0. The number of aldehydes is 1. The van der Waals surface area contributed by atoms with Crippen LogP contribution in [0.15, 0.2) is 55.1 Å². The highest BCUT2D eigenvalue weighted by atomic mass is 16.2. The number of nitrogens with one attached hydrogen (secondary N) is 2. The van der Waals surface area contributed by atoms with Crippen molar-refractivity contribution >= 4 is 18.0 Å². The Bertz CT molecular complexity index is 756. The molecule has 6 nitrogen and oxygen atoms in total. The van der Waals surface area contributed by atoms with Crippen molar-refractivity contribution in [3.8, 4) is 12.8 Å². The minimum Gasteiger partial charge on any atom is -0.346 e. The molecule has 39 heavy (non-hydrogen) atoms. The lowest BCUT2D eigenvalue weighted by Gasteiger charge is -2.26. The summed E-state index contributed by atoms with van der Waals surface area (Å²) in [5.41, 5.74) is 0.759. The Morgan fingerprint density at radius 3 is 2.03 bits per heavy atom. The molecule has 0 fully saturated rings. The van der Waals surface area contributed by atoms with Gasteiger partial charge < -0.3 is 20.3 Å². The lowest BCUT2D eigenvalue weighted by atomic mass is 10.1. The van der Waals surface area contributed by atoms with Crippen molar-refractivity contribution < 1.29 is 14.4 Å². The number of likely N-dealkylation sites (N-methyl/N-ethyl adjacent to an activating group) is 1. The first kappa shape index (κ1) is 43.1. The van der Waals surface area contributed by atoms with E-state index in [0.29, 0.717) is 18.7 Å². The minimum absolute atomic E-state index is 0.0915. The lowest BCUT2D eigenvalue weighted by molar-refractivity contribution is -0.125. The maximum atomic E-state index is 11.9. The van der Waals surface area contributed by atoms with Crippen LogP contribution in [0.5, 0.6) is 0 Å². The van der Waals surface area contributed by atoms with Gasteiger partial charge in [0, 0.05) is 18.2 Å². The summed E-state index contributed by atoms with van der Waals surface area (Å²) in [7, 11) is 3.90. The van der Waals surface area contributed by atoms with E-state index in [4.69, 9.17) is 0 Å². The standard InChI is InChI=1S/C18H27NO.C8H16N2O2.C3H6.C2H6.C2H2/c1-4-11-17(5-2)19(3)15-10-9-14-18(20)16-12-7-6-8-13-16;1-4-7(9-3)8(12)10-6(2)5-11;1-3-2;2*1-2/h6-9,12-14,17H,4-5,10-11,15H2,1-3H3;5-7,9H,4H2,1-3H3,(H,10,12);3H,1H2,2H3;1-2H3;1-2H/b14-9+;;;;/t;6-,7?;;;/m.0.../s1. The van der Waals surface area contributed by atoms with Crippen LogP contribution in [0.25, 0.3) is 0 Å². The smallest absolute Gasteiger partial charge is 0.237 e. The van der Waals surface area contributed by atoms with Crippen molar-refractivity contribution in [1.29, 1.82) is 0 Å². The summed E-state index contributed by atoms with van der Waals surface area (Å²) in [6.45, 7) is 18.3. The van der Waals surface area contributed by atoms with Crippen LogP contribution in [-0.4, -0.2) is 61.6 Å². The average Bonchev–Trinajstić information content (AvgIpc) is 2.97. The fraction of sp³-hybridized carbons (Fsp3) is 0.545. The Morgan fingerprint density at radius 1 is 1.08 bits per heavy atom. The summed E-state index contributed by atoms with van der Waals surface area (Å²) in [6, 6.07) is 9.48. The van der Waals surface area contributed by atoms with Crippen LogP contribution in [0, 0.1) is 12.8 Å². The van der Waals surface area contributed by atoms with Crippen LogP contribution < -0.4 is 10.6 Å². The Kier molecular flexibility index (Phi) is 36.5. The Labute approximate surface area is 240 Å². The number of amides is 1. The zero-order valence-corrected chi connectivity index (χ0v) is 26.2. The third-order valence-corrected chi connectivity index (χ3v) is 5.34. The van der Waals surface area contributed by atoms with Crippen molar-refractivity contribution in [1.82, 2.24) is 15.5 Å². The topological polar surface area (TPSA) is 78.5 Å². The second-order valence-corrected chi connectivity index (χ2v) is 8.34. The fourth-order valence-corrected chi connectivity index (χ4v) is 3.30. The highest BCUT2D eigenvalue weighted by molar-refractivity contribution is 6.04. The molecule has 0 bridgehead atoms. The molecule has 0 saturated heterocycles. The molecule has 222 valence electrons. The average molecular weight is 544 g/mol. The lowest BCUT2D eigenvalue weighted by Crippen LogP contribution is -2.45. The van der Waals surface area contributed by atoms with Crippen LogP contribution in [0.4, 0.5) is 0 Å². The molecular weight excluding hydrogens is 486 g/mol. The van der Waals surface area contributed by atoms with Gasteiger partial charge in [0.1, 0.15) is 6.29 Å². The molecule has 1 amide bonds. The molecule has 0 aromatic heterocycles. The van der Waals surface area contributed by atoms with Crippen molar-refractivity contribution in [2.45, 2.75) is 98.7 Å². The number of rotatable bonds is 14.